The molecule has 0 aliphatic carbocycles. The van der Waals surface area contributed by atoms with Crippen LogP contribution in [0.3, 0.4) is 0 Å². The second kappa shape index (κ2) is 10.1. The summed E-state index contributed by atoms with van der Waals surface area (Å²) in [6.07, 6.45) is 3.25. The monoisotopic (exact) mass is 430 g/mol. The van der Waals surface area contributed by atoms with Crippen LogP contribution in [0.5, 0.6) is 0 Å². The van der Waals surface area contributed by atoms with Gasteiger partial charge >= 0.3 is 5.97 Å². The van der Waals surface area contributed by atoms with Gasteiger partial charge in [0.2, 0.25) is 5.91 Å². The summed E-state index contributed by atoms with van der Waals surface area (Å²) in [6, 6.07) is 20.4. The number of benzene rings is 3. The zero-order valence-corrected chi connectivity index (χ0v) is 17.9. The van der Waals surface area contributed by atoms with Crippen LogP contribution >= 0.6 is 0 Å². The molecule has 3 aromatic rings. The van der Waals surface area contributed by atoms with E-state index in [1.165, 1.54) is 0 Å². The van der Waals surface area contributed by atoms with Crippen molar-refractivity contribution in [2.45, 2.75) is 25.7 Å². The summed E-state index contributed by atoms with van der Waals surface area (Å²) in [5.74, 6) is -1.04. The Morgan fingerprint density at radius 1 is 0.844 bits per heavy atom. The average Bonchev–Trinajstić information content (AvgIpc) is 2.83. The second-order valence-corrected chi connectivity index (χ2v) is 7.93. The summed E-state index contributed by atoms with van der Waals surface area (Å²) in [5.41, 5.74) is 1.51. The van der Waals surface area contributed by atoms with Gasteiger partial charge in [0.15, 0.2) is 6.61 Å². The molecule has 0 unspecified atom stereocenters. The minimum absolute atomic E-state index is 0.179. The third-order valence-electron chi connectivity index (χ3n) is 5.69. The van der Waals surface area contributed by atoms with Crippen LogP contribution in [-0.2, 0) is 20.7 Å². The fourth-order valence-electron chi connectivity index (χ4n) is 4.02. The van der Waals surface area contributed by atoms with Crippen LogP contribution in [0.25, 0.3) is 10.8 Å². The van der Waals surface area contributed by atoms with E-state index in [0.29, 0.717) is 18.8 Å². The highest BCUT2D eigenvalue weighted by atomic mass is 16.5. The van der Waals surface area contributed by atoms with Crippen LogP contribution in [0.4, 0.5) is 5.69 Å². The van der Waals surface area contributed by atoms with E-state index in [4.69, 9.17) is 4.74 Å². The molecule has 0 bridgehead atoms. The van der Waals surface area contributed by atoms with E-state index in [-0.39, 0.29) is 30.4 Å². The smallest absolute Gasteiger partial charge is 0.340 e. The lowest BCUT2D eigenvalue weighted by Crippen LogP contribution is -2.38. The molecule has 2 amide bonds. The molecule has 1 saturated heterocycles. The molecule has 6 heteroatoms. The van der Waals surface area contributed by atoms with Crippen molar-refractivity contribution >= 4 is 34.2 Å². The van der Waals surface area contributed by atoms with Crippen molar-refractivity contribution in [3.8, 4) is 0 Å². The Hall–Kier alpha value is -3.67. The summed E-state index contributed by atoms with van der Waals surface area (Å²) in [4.78, 5) is 39.4. The summed E-state index contributed by atoms with van der Waals surface area (Å²) in [7, 11) is 0. The summed E-state index contributed by atoms with van der Waals surface area (Å²) in [6.45, 7) is 1.12. The summed E-state index contributed by atoms with van der Waals surface area (Å²) in [5, 5.41) is 4.91. The van der Waals surface area contributed by atoms with Gasteiger partial charge < -0.3 is 15.0 Å². The Labute approximate surface area is 187 Å². The minimum Gasteiger partial charge on any atom is -0.452 e. The molecule has 6 nitrogen and oxygen atoms in total. The van der Waals surface area contributed by atoms with Gasteiger partial charge in [-0.2, -0.15) is 0 Å². The predicted octanol–water partition coefficient (Wildman–Crippen LogP) is 4.19. The Morgan fingerprint density at radius 2 is 1.56 bits per heavy atom. The Morgan fingerprint density at radius 3 is 2.41 bits per heavy atom. The van der Waals surface area contributed by atoms with Gasteiger partial charge in [0.1, 0.15) is 0 Å². The van der Waals surface area contributed by atoms with Crippen molar-refractivity contribution in [1.82, 2.24) is 4.90 Å². The number of amides is 2. The van der Waals surface area contributed by atoms with Gasteiger partial charge in [-0.05, 0) is 47.7 Å². The highest BCUT2D eigenvalue weighted by Crippen LogP contribution is 2.21. The molecule has 1 aliphatic heterocycles. The first kappa shape index (κ1) is 21.6. The number of ether oxygens (including phenoxy) is 1. The van der Waals surface area contributed by atoms with Crippen molar-refractivity contribution in [3.05, 3.63) is 77.9 Å². The molecule has 1 fully saturated rings. The van der Waals surface area contributed by atoms with E-state index in [0.717, 1.165) is 35.6 Å². The largest absolute Gasteiger partial charge is 0.452 e. The zero-order valence-electron chi connectivity index (χ0n) is 17.9. The molecule has 0 radical (unpaired) electrons. The molecule has 164 valence electrons. The Balaban J connectivity index is 1.40. The number of para-hydroxylation sites is 1. The third-order valence-corrected chi connectivity index (χ3v) is 5.69. The first-order valence-electron chi connectivity index (χ1n) is 10.9. The fourth-order valence-corrected chi connectivity index (χ4v) is 4.02. The van der Waals surface area contributed by atoms with Crippen LogP contribution in [0.1, 0.15) is 35.2 Å². The van der Waals surface area contributed by atoms with Crippen LogP contribution in [-0.4, -0.2) is 42.4 Å². The lowest BCUT2D eigenvalue weighted by molar-refractivity contribution is -0.135. The van der Waals surface area contributed by atoms with Crippen molar-refractivity contribution in [3.63, 3.8) is 0 Å². The Kier molecular flexibility index (Phi) is 6.80. The molecule has 3 aromatic carbocycles. The molecule has 0 aromatic heterocycles. The number of hydrogen-bond acceptors (Lipinski definition) is 4. The van der Waals surface area contributed by atoms with Crippen LogP contribution in [0, 0.1) is 0 Å². The number of anilines is 1. The van der Waals surface area contributed by atoms with Crippen LogP contribution in [0.2, 0.25) is 0 Å². The lowest BCUT2D eigenvalue weighted by Gasteiger charge is -2.26. The second-order valence-electron chi connectivity index (χ2n) is 7.93. The SMILES string of the molecule is O=C(Cc1cccc2ccccc12)Nc1ccccc1C(=O)OCC(=O)N1CCCCC1. The van der Waals surface area contributed by atoms with Gasteiger partial charge in [0.05, 0.1) is 17.7 Å². The number of esters is 1. The number of carbonyl (C=O) groups is 3. The number of fused-ring (bicyclic) bond motifs is 1. The maximum absolute atomic E-state index is 12.7. The van der Waals surface area contributed by atoms with E-state index in [1.807, 2.05) is 42.5 Å². The number of rotatable bonds is 6. The molecule has 32 heavy (non-hydrogen) atoms. The standard InChI is InChI=1S/C26H26N2O4/c29-24(17-20-11-8-10-19-9-2-3-12-21(19)20)27-23-14-5-4-13-22(23)26(31)32-18-25(30)28-15-6-1-7-16-28/h2-5,8-14H,1,6-7,15-18H2,(H,27,29). The average molecular weight is 431 g/mol. The topological polar surface area (TPSA) is 75.7 Å². The molecule has 4 rings (SSSR count). The number of hydrogen-bond donors (Lipinski definition) is 1. The van der Waals surface area contributed by atoms with E-state index in [2.05, 4.69) is 5.32 Å². The highest BCUT2D eigenvalue weighted by molar-refractivity contribution is 6.03. The molecule has 0 saturated carbocycles. The quantitative estimate of drug-likeness (QED) is 0.595. The lowest BCUT2D eigenvalue weighted by atomic mass is 10.0. The molecule has 1 heterocycles. The number of piperidine rings is 1. The van der Waals surface area contributed by atoms with Gasteiger partial charge in [-0.1, -0.05) is 54.6 Å². The zero-order chi connectivity index (χ0) is 22.3. The molecule has 0 atom stereocenters. The van der Waals surface area contributed by atoms with Crippen LogP contribution < -0.4 is 5.32 Å². The van der Waals surface area contributed by atoms with Gasteiger partial charge in [-0.15, -0.1) is 0 Å². The maximum atomic E-state index is 12.7. The van der Waals surface area contributed by atoms with E-state index >= 15 is 0 Å². The van der Waals surface area contributed by atoms with Gasteiger partial charge in [0.25, 0.3) is 5.91 Å². The summed E-state index contributed by atoms with van der Waals surface area (Å²) >= 11 is 0. The fraction of sp³-hybridized carbons (Fsp3) is 0.269. The van der Waals surface area contributed by atoms with Gasteiger partial charge in [-0.25, -0.2) is 4.79 Å². The third kappa shape index (κ3) is 5.14. The molecular formula is C26H26N2O4. The normalized spacial score (nSPS) is 13.6. The summed E-state index contributed by atoms with van der Waals surface area (Å²) < 4.78 is 5.26. The van der Waals surface area contributed by atoms with Crippen LogP contribution in [0.15, 0.2) is 66.7 Å². The Bertz CT molecular complexity index is 1130. The van der Waals surface area contributed by atoms with Gasteiger partial charge in [0, 0.05) is 13.1 Å². The van der Waals surface area contributed by atoms with Gasteiger partial charge in [-0.3, -0.25) is 9.59 Å². The van der Waals surface area contributed by atoms with E-state index < -0.39 is 5.97 Å². The number of nitrogens with one attached hydrogen (secondary N) is 1. The highest BCUT2D eigenvalue weighted by Gasteiger charge is 2.20. The van der Waals surface area contributed by atoms with E-state index in [1.54, 1.807) is 29.2 Å². The molecular weight excluding hydrogens is 404 g/mol. The van der Waals surface area contributed by atoms with Crippen molar-refractivity contribution in [1.29, 1.82) is 0 Å². The molecule has 0 spiro atoms. The minimum atomic E-state index is -0.628. The van der Waals surface area contributed by atoms with Crippen molar-refractivity contribution < 1.29 is 19.1 Å². The molecule has 1 aliphatic rings. The molecule has 1 N–H and O–H groups in total. The van der Waals surface area contributed by atoms with Crippen molar-refractivity contribution in [2.75, 3.05) is 25.0 Å². The number of carbonyl (C=O) groups excluding carboxylic acids is 3. The maximum Gasteiger partial charge on any atom is 0.340 e. The predicted molar refractivity (Wildman–Crippen MR) is 123 cm³/mol. The number of likely N-dealkylation sites (tertiary alicyclic amines) is 1. The first-order chi connectivity index (χ1) is 15.6. The van der Waals surface area contributed by atoms with E-state index in [9.17, 15) is 14.4 Å². The van der Waals surface area contributed by atoms with Crippen molar-refractivity contribution in [2.24, 2.45) is 0 Å². The first-order valence-corrected chi connectivity index (χ1v) is 10.9. The number of nitrogens with zero attached hydrogens (tertiary/aromatic N) is 1.